The van der Waals surface area contributed by atoms with Crippen molar-refractivity contribution >= 4 is 17.4 Å². The van der Waals surface area contributed by atoms with Crippen LogP contribution in [0.25, 0.3) is 0 Å². The molecule has 0 aliphatic carbocycles. The summed E-state index contributed by atoms with van der Waals surface area (Å²) in [6.45, 7) is 7.83. The maximum atomic E-state index is 5.73. The largest absolute Gasteiger partial charge is 0.370 e. The van der Waals surface area contributed by atoms with E-state index >= 15 is 0 Å². The van der Waals surface area contributed by atoms with Crippen LogP contribution >= 0.6 is 11.6 Å². The molecule has 1 aromatic rings. The molecule has 1 saturated heterocycles. The molecule has 1 aliphatic heterocycles. The van der Waals surface area contributed by atoms with Crippen molar-refractivity contribution in [3.63, 3.8) is 0 Å². The molecule has 0 radical (unpaired) electrons. The van der Waals surface area contributed by atoms with Crippen LogP contribution in [0, 0.1) is 5.92 Å². The van der Waals surface area contributed by atoms with Gasteiger partial charge in [0, 0.05) is 25.3 Å². The quantitative estimate of drug-likeness (QED) is 0.837. The number of hydrogen-bond donors (Lipinski definition) is 1. The highest BCUT2D eigenvalue weighted by molar-refractivity contribution is 6.28. The Morgan fingerprint density at radius 2 is 2.41 bits per heavy atom. The zero-order valence-electron chi connectivity index (χ0n) is 10.4. The first kappa shape index (κ1) is 12.6. The molecule has 2 rings (SSSR count). The Balaban J connectivity index is 1.80. The second-order valence-electron chi connectivity index (χ2n) is 4.84. The number of halogens is 1. The third kappa shape index (κ3) is 3.54. The Bertz CT molecular complexity index is 369. The zero-order valence-corrected chi connectivity index (χ0v) is 11.1. The average molecular weight is 255 g/mol. The molecule has 1 unspecified atom stereocenters. The predicted octanol–water partition coefficient (Wildman–Crippen LogP) is 2.27. The van der Waals surface area contributed by atoms with Gasteiger partial charge in [0.15, 0.2) is 0 Å². The van der Waals surface area contributed by atoms with E-state index in [4.69, 9.17) is 11.6 Å². The number of likely N-dealkylation sites (tertiary alicyclic amines) is 1. The van der Waals surface area contributed by atoms with Crippen LogP contribution in [0.15, 0.2) is 12.3 Å². The maximum absolute atomic E-state index is 5.73. The lowest BCUT2D eigenvalue weighted by Gasteiger charge is -2.20. The SMILES string of the molecule is CC(C)N1CCC(CNc2ccnc(Cl)n2)C1. The van der Waals surface area contributed by atoms with E-state index in [1.807, 2.05) is 6.07 Å². The van der Waals surface area contributed by atoms with E-state index in [2.05, 4.69) is 34.0 Å². The number of nitrogens with one attached hydrogen (secondary N) is 1. The van der Waals surface area contributed by atoms with Crippen LogP contribution in [0.5, 0.6) is 0 Å². The van der Waals surface area contributed by atoms with Gasteiger partial charge in [-0.05, 0) is 50.4 Å². The van der Waals surface area contributed by atoms with E-state index in [0.29, 0.717) is 17.2 Å². The lowest BCUT2D eigenvalue weighted by Crippen LogP contribution is -2.29. The number of aromatic nitrogens is 2. The second-order valence-corrected chi connectivity index (χ2v) is 5.17. The smallest absolute Gasteiger partial charge is 0.224 e. The molecule has 0 saturated carbocycles. The van der Waals surface area contributed by atoms with E-state index in [1.54, 1.807) is 6.20 Å². The summed E-state index contributed by atoms with van der Waals surface area (Å²) < 4.78 is 0. The van der Waals surface area contributed by atoms with Gasteiger partial charge in [-0.3, -0.25) is 0 Å². The summed E-state index contributed by atoms with van der Waals surface area (Å²) in [5.74, 6) is 1.51. The van der Waals surface area contributed by atoms with Crippen molar-refractivity contribution in [2.24, 2.45) is 5.92 Å². The average Bonchev–Trinajstić information content (AvgIpc) is 2.75. The van der Waals surface area contributed by atoms with E-state index in [0.717, 1.165) is 12.4 Å². The maximum Gasteiger partial charge on any atom is 0.224 e. The van der Waals surface area contributed by atoms with Crippen molar-refractivity contribution in [1.82, 2.24) is 14.9 Å². The van der Waals surface area contributed by atoms with Gasteiger partial charge < -0.3 is 10.2 Å². The topological polar surface area (TPSA) is 41.0 Å². The van der Waals surface area contributed by atoms with E-state index < -0.39 is 0 Å². The summed E-state index contributed by atoms with van der Waals surface area (Å²) in [6, 6.07) is 2.50. The fourth-order valence-corrected chi connectivity index (χ4v) is 2.33. The second kappa shape index (κ2) is 5.65. The van der Waals surface area contributed by atoms with Gasteiger partial charge in [-0.2, -0.15) is 0 Å². The molecule has 5 heteroatoms. The number of hydrogen-bond acceptors (Lipinski definition) is 4. The lowest BCUT2D eigenvalue weighted by atomic mass is 10.1. The molecule has 2 heterocycles. The summed E-state index contributed by atoms with van der Waals surface area (Å²) >= 11 is 5.73. The van der Waals surface area contributed by atoms with Crippen molar-refractivity contribution in [1.29, 1.82) is 0 Å². The first-order chi connectivity index (χ1) is 8.15. The van der Waals surface area contributed by atoms with Crippen LogP contribution < -0.4 is 5.32 Å². The minimum Gasteiger partial charge on any atom is -0.370 e. The van der Waals surface area contributed by atoms with Crippen LogP contribution in [0.3, 0.4) is 0 Å². The minimum atomic E-state index is 0.297. The van der Waals surface area contributed by atoms with Crippen molar-refractivity contribution < 1.29 is 0 Å². The zero-order chi connectivity index (χ0) is 12.3. The van der Waals surface area contributed by atoms with Gasteiger partial charge in [-0.25, -0.2) is 9.97 Å². The Morgan fingerprint density at radius 1 is 1.59 bits per heavy atom. The van der Waals surface area contributed by atoms with Crippen LogP contribution in [-0.4, -0.2) is 40.5 Å². The third-order valence-corrected chi connectivity index (χ3v) is 3.43. The highest BCUT2D eigenvalue weighted by atomic mass is 35.5. The highest BCUT2D eigenvalue weighted by Crippen LogP contribution is 2.19. The summed E-state index contributed by atoms with van der Waals surface area (Å²) in [6.07, 6.45) is 2.93. The summed E-state index contributed by atoms with van der Waals surface area (Å²) in [4.78, 5) is 10.5. The molecule has 94 valence electrons. The molecule has 17 heavy (non-hydrogen) atoms. The van der Waals surface area contributed by atoms with Crippen molar-refractivity contribution in [2.75, 3.05) is 25.0 Å². The van der Waals surface area contributed by atoms with Gasteiger partial charge >= 0.3 is 0 Å². The molecule has 4 nitrogen and oxygen atoms in total. The first-order valence-corrected chi connectivity index (χ1v) is 6.49. The van der Waals surface area contributed by atoms with Gasteiger partial charge in [0.1, 0.15) is 5.82 Å². The van der Waals surface area contributed by atoms with Gasteiger partial charge in [0.2, 0.25) is 5.28 Å². The number of rotatable bonds is 4. The Kier molecular flexibility index (Phi) is 4.18. The number of nitrogens with zero attached hydrogens (tertiary/aromatic N) is 3. The molecule has 0 spiro atoms. The number of anilines is 1. The Morgan fingerprint density at radius 3 is 3.06 bits per heavy atom. The van der Waals surface area contributed by atoms with Crippen molar-refractivity contribution in [2.45, 2.75) is 26.3 Å². The van der Waals surface area contributed by atoms with E-state index in [9.17, 15) is 0 Å². The van der Waals surface area contributed by atoms with E-state index in [1.165, 1.54) is 19.5 Å². The third-order valence-electron chi connectivity index (χ3n) is 3.25. The Hall–Kier alpha value is -0.870. The van der Waals surface area contributed by atoms with Gasteiger partial charge in [0.25, 0.3) is 0 Å². The van der Waals surface area contributed by atoms with Crippen LogP contribution in [0.1, 0.15) is 20.3 Å². The van der Waals surface area contributed by atoms with Gasteiger partial charge in [-0.15, -0.1) is 0 Å². The molecular weight excluding hydrogens is 236 g/mol. The fourth-order valence-electron chi connectivity index (χ4n) is 2.18. The van der Waals surface area contributed by atoms with Crippen molar-refractivity contribution in [3.05, 3.63) is 17.5 Å². The molecule has 0 aromatic carbocycles. The predicted molar refractivity (Wildman–Crippen MR) is 70.3 cm³/mol. The molecule has 1 fully saturated rings. The molecule has 1 atom stereocenters. The van der Waals surface area contributed by atoms with Crippen LogP contribution in [0.2, 0.25) is 5.28 Å². The monoisotopic (exact) mass is 254 g/mol. The van der Waals surface area contributed by atoms with E-state index in [-0.39, 0.29) is 0 Å². The van der Waals surface area contributed by atoms with Crippen LogP contribution in [-0.2, 0) is 0 Å². The summed E-state index contributed by atoms with van der Waals surface area (Å²) in [5.41, 5.74) is 0. The summed E-state index contributed by atoms with van der Waals surface area (Å²) in [7, 11) is 0. The standard InChI is InChI=1S/C12H19ClN4/c1-9(2)17-6-4-10(8-17)7-15-11-3-5-14-12(13)16-11/h3,5,9-10H,4,6-8H2,1-2H3,(H,14,15,16). The first-order valence-electron chi connectivity index (χ1n) is 6.11. The fraction of sp³-hybridized carbons (Fsp3) is 0.667. The molecule has 1 aromatic heterocycles. The minimum absolute atomic E-state index is 0.297. The lowest BCUT2D eigenvalue weighted by molar-refractivity contribution is 0.266. The molecule has 0 amide bonds. The molecule has 1 N–H and O–H groups in total. The van der Waals surface area contributed by atoms with Crippen LogP contribution in [0.4, 0.5) is 5.82 Å². The van der Waals surface area contributed by atoms with Crippen molar-refractivity contribution in [3.8, 4) is 0 Å². The van der Waals surface area contributed by atoms with Gasteiger partial charge in [0.05, 0.1) is 0 Å². The normalized spacial score (nSPS) is 21.1. The highest BCUT2D eigenvalue weighted by Gasteiger charge is 2.23. The molecule has 0 bridgehead atoms. The molecular formula is C12H19ClN4. The molecule has 1 aliphatic rings. The summed E-state index contributed by atoms with van der Waals surface area (Å²) in [5, 5.41) is 3.62. The Labute approximate surface area is 107 Å². The van der Waals surface area contributed by atoms with Gasteiger partial charge in [-0.1, -0.05) is 0 Å².